The third-order valence-electron chi connectivity index (χ3n) is 1.64. The van der Waals surface area contributed by atoms with Gasteiger partial charge in [-0.25, -0.2) is 0 Å². The van der Waals surface area contributed by atoms with Crippen LogP contribution in [0.25, 0.3) is 0 Å². The van der Waals surface area contributed by atoms with Gasteiger partial charge < -0.3 is 15.2 Å². The summed E-state index contributed by atoms with van der Waals surface area (Å²) in [7, 11) is 1.69. The first-order valence-corrected chi connectivity index (χ1v) is 3.20. The monoisotopic (exact) mass is 131 g/mol. The Balaban J connectivity index is 2.30. The smallest absolute Gasteiger partial charge is 0.0766 e. The summed E-state index contributed by atoms with van der Waals surface area (Å²) in [5, 5.41) is 0. The summed E-state index contributed by atoms with van der Waals surface area (Å²) in [6.07, 6.45) is 1.14. The van der Waals surface area contributed by atoms with Crippen molar-refractivity contribution in [1.82, 2.24) is 0 Å². The van der Waals surface area contributed by atoms with Crippen LogP contribution in [0.15, 0.2) is 0 Å². The van der Waals surface area contributed by atoms with Crippen LogP contribution >= 0.6 is 0 Å². The number of hydrogen-bond acceptors (Lipinski definition) is 3. The Labute approximate surface area is 55.1 Å². The lowest BCUT2D eigenvalue weighted by Gasteiger charge is -2.26. The Bertz CT molecular complexity index is 87.1. The first-order chi connectivity index (χ1) is 4.34. The molecule has 1 saturated heterocycles. The summed E-state index contributed by atoms with van der Waals surface area (Å²) in [5.41, 5.74) is 5.64. The average molecular weight is 131 g/mol. The second-order valence-corrected chi connectivity index (χ2v) is 2.30. The standard InChI is InChI=1S/C6H13NO2/c1-8-6-2-3-9-4-5(6)7/h5-6H,2-4,7H2,1H3. The Morgan fingerprint density at radius 2 is 2.44 bits per heavy atom. The van der Waals surface area contributed by atoms with Gasteiger partial charge >= 0.3 is 0 Å². The molecule has 0 aromatic carbocycles. The van der Waals surface area contributed by atoms with Crippen LogP contribution in [0.2, 0.25) is 0 Å². The van der Waals surface area contributed by atoms with Crippen LogP contribution in [0.1, 0.15) is 6.42 Å². The van der Waals surface area contributed by atoms with Gasteiger partial charge in [0.1, 0.15) is 0 Å². The molecule has 1 heterocycles. The third-order valence-corrected chi connectivity index (χ3v) is 1.64. The largest absolute Gasteiger partial charge is 0.380 e. The topological polar surface area (TPSA) is 44.5 Å². The lowest BCUT2D eigenvalue weighted by Crippen LogP contribution is -2.44. The highest BCUT2D eigenvalue weighted by Crippen LogP contribution is 2.07. The van der Waals surface area contributed by atoms with E-state index in [1.165, 1.54) is 0 Å². The van der Waals surface area contributed by atoms with Crippen molar-refractivity contribution in [3.63, 3.8) is 0 Å². The molecule has 2 atom stereocenters. The maximum atomic E-state index is 5.64. The Hall–Kier alpha value is -0.120. The molecular formula is C6H13NO2. The Kier molecular flexibility index (Phi) is 2.45. The van der Waals surface area contributed by atoms with E-state index >= 15 is 0 Å². The van der Waals surface area contributed by atoms with E-state index in [-0.39, 0.29) is 12.1 Å². The van der Waals surface area contributed by atoms with Crippen molar-refractivity contribution in [2.75, 3.05) is 20.3 Å². The van der Waals surface area contributed by atoms with E-state index in [1.807, 2.05) is 0 Å². The molecule has 3 nitrogen and oxygen atoms in total. The highest BCUT2D eigenvalue weighted by atomic mass is 16.5. The van der Waals surface area contributed by atoms with Crippen LogP contribution in [-0.2, 0) is 9.47 Å². The van der Waals surface area contributed by atoms with Crippen LogP contribution in [0.4, 0.5) is 0 Å². The summed E-state index contributed by atoms with van der Waals surface area (Å²) in [6, 6.07) is 0.0729. The summed E-state index contributed by atoms with van der Waals surface area (Å²) in [4.78, 5) is 0. The van der Waals surface area contributed by atoms with E-state index in [1.54, 1.807) is 7.11 Å². The van der Waals surface area contributed by atoms with Crippen molar-refractivity contribution >= 4 is 0 Å². The second-order valence-electron chi connectivity index (χ2n) is 2.30. The molecule has 0 amide bonds. The fraction of sp³-hybridized carbons (Fsp3) is 1.00. The van der Waals surface area contributed by atoms with Gasteiger partial charge in [0, 0.05) is 13.7 Å². The second kappa shape index (κ2) is 3.15. The molecule has 9 heavy (non-hydrogen) atoms. The highest BCUT2D eigenvalue weighted by Gasteiger charge is 2.21. The van der Waals surface area contributed by atoms with Crippen LogP contribution in [-0.4, -0.2) is 32.5 Å². The molecule has 0 aromatic heterocycles. The molecule has 0 saturated carbocycles. The third kappa shape index (κ3) is 1.64. The molecule has 2 unspecified atom stereocenters. The van der Waals surface area contributed by atoms with Crippen molar-refractivity contribution in [1.29, 1.82) is 0 Å². The normalized spacial score (nSPS) is 36.7. The van der Waals surface area contributed by atoms with E-state index < -0.39 is 0 Å². The number of nitrogens with two attached hydrogens (primary N) is 1. The predicted molar refractivity (Wildman–Crippen MR) is 34.2 cm³/mol. The van der Waals surface area contributed by atoms with Gasteiger partial charge in [-0.05, 0) is 6.42 Å². The van der Waals surface area contributed by atoms with Crippen molar-refractivity contribution in [2.45, 2.75) is 18.6 Å². The molecule has 0 aliphatic carbocycles. The zero-order valence-corrected chi connectivity index (χ0v) is 5.67. The lowest BCUT2D eigenvalue weighted by molar-refractivity contribution is -0.0258. The van der Waals surface area contributed by atoms with Crippen LogP contribution in [0, 0.1) is 0 Å². The predicted octanol–water partition coefficient (Wildman–Crippen LogP) is -0.251. The Morgan fingerprint density at radius 3 is 2.89 bits per heavy atom. The van der Waals surface area contributed by atoms with Gasteiger partial charge in [-0.1, -0.05) is 0 Å². The van der Waals surface area contributed by atoms with Crippen molar-refractivity contribution in [2.24, 2.45) is 5.73 Å². The molecule has 54 valence electrons. The quantitative estimate of drug-likeness (QED) is 0.533. The molecule has 2 N–H and O–H groups in total. The van der Waals surface area contributed by atoms with Gasteiger partial charge in [0.25, 0.3) is 0 Å². The summed E-state index contributed by atoms with van der Waals surface area (Å²) >= 11 is 0. The van der Waals surface area contributed by atoms with Crippen molar-refractivity contribution < 1.29 is 9.47 Å². The summed E-state index contributed by atoms with van der Waals surface area (Å²) in [5.74, 6) is 0. The molecule has 1 rings (SSSR count). The van der Waals surface area contributed by atoms with Gasteiger partial charge in [-0.2, -0.15) is 0 Å². The maximum Gasteiger partial charge on any atom is 0.0766 e. The van der Waals surface area contributed by atoms with Gasteiger partial charge in [0.15, 0.2) is 0 Å². The Morgan fingerprint density at radius 1 is 1.67 bits per heavy atom. The minimum absolute atomic E-state index is 0.0729. The molecule has 0 spiro atoms. The summed E-state index contributed by atoms with van der Waals surface area (Å²) < 4.78 is 10.2. The first kappa shape index (κ1) is 6.99. The summed E-state index contributed by atoms with van der Waals surface area (Å²) in [6.45, 7) is 1.42. The molecule has 0 aromatic rings. The number of methoxy groups -OCH3 is 1. The fourth-order valence-corrected chi connectivity index (χ4v) is 1.03. The minimum Gasteiger partial charge on any atom is -0.380 e. The van der Waals surface area contributed by atoms with Crippen LogP contribution in [0.5, 0.6) is 0 Å². The van der Waals surface area contributed by atoms with Crippen LogP contribution < -0.4 is 5.73 Å². The van der Waals surface area contributed by atoms with E-state index in [0.717, 1.165) is 13.0 Å². The molecule has 1 aliphatic rings. The van der Waals surface area contributed by atoms with Crippen molar-refractivity contribution in [3.8, 4) is 0 Å². The molecule has 3 heteroatoms. The number of hydrogen-bond donors (Lipinski definition) is 1. The van der Waals surface area contributed by atoms with Crippen molar-refractivity contribution in [3.05, 3.63) is 0 Å². The van der Waals surface area contributed by atoms with Gasteiger partial charge in [-0.3, -0.25) is 0 Å². The van der Waals surface area contributed by atoms with E-state index in [2.05, 4.69) is 0 Å². The molecule has 0 bridgehead atoms. The first-order valence-electron chi connectivity index (χ1n) is 3.20. The van der Waals surface area contributed by atoms with Gasteiger partial charge in [0.05, 0.1) is 18.8 Å². The van der Waals surface area contributed by atoms with Crippen LogP contribution in [0.3, 0.4) is 0 Å². The SMILES string of the molecule is COC1CCOCC1N. The lowest BCUT2D eigenvalue weighted by atomic mass is 10.1. The fourth-order valence-electron chi connectivity index (χ4n) is 1.03. The van der Waals surface area contributed by atoms with Gasteiger partial charge in [0.2, 0.25) is 0 Å². The molecule has 1 fully saturated rings. The molecule has 1 aliphatic heterocycles. The molecular weight excluding hydrogens is 118 g/mol. The van der Waals surface area contributed by atoms with E-state index in [0.29, 0.717) is 6.61 Å². The zero-order valence-electron chi connectivity index (χ0n) is 5.67. The molecule has 0 radical (unpaired) electrons. The van der Waals surface area contributed by atoms with E-state index in [4.69, 9.17) is 15.2 Å². The average Bonchev–Trinajstić information content (AvgIpc) is 1.89. The van der Waals surface area contributed by atoms with Gasteiger partial charge in [-0.15, -0.1) is 0 Å². The zero-order chi connectivity index (χ0) is 6.69. The maximum absolute atomic E-state index is 5.64. The van der Waals surface area contributed by atoms with E-state index in [9.17, 15) is 0 Å². The highest BCUT2D eigenvalue weighted by molar-refractivity contribution is 4.75. The number of ether oxygens (including phenoxy) is 2. The number of rotatable bonds is 1. The minimum atomic E-state index is 0.0729.